The van der Waals surface area contributed by atoms with Crippen molar-refractivity contribution < 1.29 is 13.2 Å². The van der Waals surface area contributed by atoms with E-state index in [0.29, 0.717) is 31.1 Å². The fourth-order valence-electron chi connectivity index (χ4n) is 2.99. The fourth-order valence-corrected chi connectivity index (χ4v) is 4.83. The van der Waals surface area contributed by atoms with Gasteiger partial charge in [-0.15, -0.1) is 0 Å². The van der Waals surface area contributed by atoms with Crippen LogP contribution in [0.4, 0.5) is 0 Å². The average molecular weight is 479 g/mol. The number of piperazine rings is 1. The molecule has 2 aromatic rings. The summed E-state index contributed by atoms with van der Waals surface area (Å²) in [6.07, 6.45) is 1.58. The molecule has 154 valence electrons. The molecular weight excluding hydrogens is 456 g/mol. The van der Waals surface area contributed by atoms with E-state index in [1.165, 1.54) is 4.31 Å². The first-order chi connectivity index (χ1) is 13.8. The first kappa shape index (κ1) is 21.6. The molecule has 1 heterocycles. The lowest BCUT2D eigenvalue weighted by Gasteiger charge is -2.33. The number of sulfonamides is 1. The van der Waals surface area contributed by atoms with Crippen molar-refractivity contribution in [1.82, 2.24) is 14.6 Å². The van der Waals surface area contributed by atoms with Crippen LogP contribution in [0.25, 0.3) is 0 Å². The molecule has 0 aromatic heterocycles. The van der Waals surface area contributed by atoms with E-state index in [4.69, 9.17) is 0 Å². The van der Waals surface area contributed by atoms with Gasteiger partial charge in [0, 0.05) is 30.7 Å². The van der Waals surface area contributed by atoms with E-state index in [0.717, 1.165) is 15.6 Å². The van der Waals surface area contributed by atoms with Gasteiger partial charge in [-0.1, -0.05) is 45.8 Å². The summed E-state index contributed by atoms with van der Waals surface area (Å²) < 4.78 is 27.9. The molecule has 0 saturated carbocycles. The highest BCUT2D eigenvalue weighted by atomic mass is 79.9. The zero-order valence-corrected chi connectivity index (χ0v) is 18.5. The van der Waals surface area contributed by atoms with Crippen LogP contribution in [0.15, 0.2) is 63.0 Å². The summed E-state index contributed by atoms with van der Waals surface area (Å²) in [4.78, 5) is 14.3. The van der Waals surface area contributed by atoms with Gasteiger partial charge in [0.15, 0.2) is 0 Å². The van der Waals surface area contributed by atoms with Crippen LogP contribution in [0.3, 0.4) is 0 Å². The lowest BCUT2D eigenvalue weighted by molar-refractivity contribution is -0.122. The van der Waals surface area contributed by atoms with E-state index in [2.05, 4.69) is 26.5 Å². The van der Waals surface area contributed by atoms with Crippen molar-refractivity contribution >= 4 is 38.1 Å². The third-order valence-corrected chi connectivity index (χ3v) is 7.01. The Morgan fingerprint density at radius 2 is 1.83 bits per heavy atom. The van der Waals surface area contributed by atoms with Crippen LogP contribution < -0.4 is 5.43 Å². The molecule has 2 aromatic carbocycles. The van der Waals surface area contributed by atoms with Crippen molar-refractivity contribution in [1.29, 1.82) is 0 Å². The second kappa shape index (κ2) is 9.62. The Balaban J connectivity index is 1.48. The highest BCUT2D eigenvalue weighted by Crippen LogP contribution is 2.18. The number of hydrazone groups is 1. The summed E-state index contributed by atoms with van der Waals surface area (Å²) >= 11 is 3.38. The monoisotopic (exact) mass is 478 g/mol. The molecule has 7 nitrogen and oxygen atoms in total. The first-order valence-corrected chi connectivity index (χ1v) is 11.4. The van der Waals surface area contributed by atoms with Crippen molar-refractivity contribution in [2.45, 2.75) is 11.8 Å². The van der Waals surface area contributed by atoms with Gasteiger partial charge in [-0.05, 0) is 36.8 Å². The Morgan fingerprint density at radius 1 is 1.14 bits per heavy atom. The van der Waals surface area contributed by atoms with Gasteiger partial charge in [-0.2, -0.15) is 9.41 Å². The van der Waals surface area contributed by atoms with Crippen LogP contribution in [-0.4, -0.2) is 62.5 Å². The van der Waals surface area contributed by atoms with Gasteiger partial charge >= 0.3 is 0 Å². The summed E-state index contributed by atoms with van der Waals surface area (Å²) in [6.45, 7) is 3.79. The number of hydrogen-bond acceptors (Lipinski definition) is 5. The van der Waals surface area contributed by atoms with Crippen molar-refractivity contribution in [3.8, 4) is 0 Å². The van der Waals surface area contributed by atoms with Crippen molar-refractivity contribution in [3.05, 3.63) is 64.1 Å². The summed E-state index contributed by atoms with van der Waals surface area (Å²) in [5, 5.41) is 3.97. The smallest absolute Gasteiger partial charge is 0.254 e. The first-order valence-electron chi connectivity index (χ1n) is 9.21. The number of hydrogen-bond donors (Lipinski definition) is 1. The SMILES string of the molecule is Cc1ccc(S(=O)(=O)N2CCN(CC(=O)N/N=C\c3cccc(Br)c3)CC2)cc1. The van der Waals surface area contributed by atoms with Crippen LogP contribution >= 0.6 is 15.9 Å². The van der Waals surface area contributed by atoms with Crippen LogP contribution in [0.1, 0.15) is 11.1 Å². The lowest BCUT2D eigenvalue weighted by Crippen LogP contribution is -2.50. The predicted molar refractivity (Wildman–Crippen MR) is 116 cm³/mol. The highest BCUT2D eigenvalue weighted by Gasteiger charge is 2.28. The summed E-state index contributed by atoms with van der Waals surface area (Å²) in [5.41, 5.74) is 4.40. The number of halogens is 1. The Morgan fingerprint density at radius 3 is 2.48 bits per heavy atom. The molecule has 29 heavy (non-hydrogen) atoms. The highest BCUT2D eigenvalue weighted by molar-refractivity contribution is 9.10. The van der Waals surface area contributed by atoms with Gasteiger partial charge < -0.3 is 0 Å². The number of carbonyl (C=O) groups excluding carboxylic acids is 1. The van der Waals surface area contributed by atoms with Gasteiger partial charge in [0.25, 0.3) is 5.91 Å². The molecule has 0 aliphatic carbocycles. The lowest BCUT2D eigenvalue weighted by atomic mass is 10.2. The minimum atomic E-state index is -3.50. The maximum atomic E-state index is 12.7. The van der Waals surface area contributed by atoms with Crippen LogP contribution in [-0.2, 0) is 14.8 Å². The zero-order valence-electron chi connectivity index (χ0n) is 16.1. The van der Waals surface area contributed by atoms with Gasteiger partial charge in [0.05, 0.1) is 17.7 Å². The van der Waals surface area contributed by atoms with Crippen LogP contribution in [0, 0.1) is 6.92 Å². The van der Waals surface area contributed by atoms with Crippen molar-refractivity contribution in [2.75, 3.05) is 32.7 Å². The molecule has 1 aliphatic rings. The molecule has 0 unspecified atom stereocenters. The number of amides is 1. The van der Waals surface area contributed by atoms with Crippen LogP contribution in [0.5, 0.6) is 0 Å². The number of rotatable bonds is 6. The molecule has 3 rings (SSSR count). The van der Waals surface area contributed by atoms with E-state index in [1.54, 1.807) is 30.5 Å². The maximum Gasteiger partial charge on any atom is 0.254 e. The van der Waals surface area contributed by atoms with E-state index in [-0.39, 0.29) is 12.5 Å². The zero-order chi connectivity index (χ0) is 20.9. The third-order valence-electron chi connectivity index (χ3n) is 4.61. The Labute approximate surface area is 179 Å². The minimum Gasteiger partial charge on any atom is -0.292 e. The molecule has 0 radical (unpaired) electrons. The van der Waals surface area contributed by atoms with Crippen LogP contribution in [0.2, 0.25) is 0 Å². The molecule has 1 saturated heterocycles. The van der Waals surface area contributed by atoms with E-state index in [9.17, 15) is 13.2 Å². The maximum absolute atomic E-state index is 12.7. The second-order valence-electron chi connectivity index (χ2n) is 6.84. The van der Waals surface area contributed by atoms with E-state index in [1.807, 2.05) is 36.1 Å². The van der Waals surface area contributed by atoms with Gasteiger partial charge in [0.2, 0.25) is 10.0 Å². The number of nitrogens with one attached hydrogen (secondary N) is 1. The Bertz CT molecular complexity index is 985. The average Bonchev–Trinajstić information content (AvgIpc) is 2.69. The standard InChI is InChI=1S/C20H23BrN4O3S/c1-16-5-7-19(8-6-16)29(27,28)25-11-9-24(10-12-25)15-20(26)23-22-14-17-3-2-4-18(21)13-17/h2-8,13-14H,9-12,15H2,1H3,(H,23,26)/b22-14-. The van der Waals surface area contributed by atoms with Crippen molar-refractivity contribution in [2.24, 2.45) is 5.10 Å². The molecule has 1 N–H and O–H groups in total. The summed E-state index contributed by atoms with van der Waals surface area (Å²) in [7, 11) is -3.50. The number of benzene rings is 2. The van der Waals surface area contributed by atoms with Crippen molar-refractivity contribution in [3.63, 3.8) is 0 Å². The third kappa shape index (κ3) is 5.96. The van der Waals surface area contributed by atoms with Gasteiger partial charge in [-0.3, -0.25) is 9.69 Å². The Hall–Kier alpha value is -2.07. The normalized spacial score (nSPS) is 16.2. The van der Waals surface area contributed by atoms with Gasteiger partial charge in [0.1, 0.15) is 0 Å². The topological polar surface area (TPSA) is 82.1 Å². The van der Waals surface area contributed by atoms with E-state index >= 15 is 0 Å². The molecular formula is C20H23BrN4O3S. The molecule has 0 bridgehead atoms. The molecule has 1 fully saturated rings. The number of carbonyl (C=O) groups is 1. The molecule has 0 atom stereocenters. The largest absolute Gasteiger partial charge is 0.292 e. The Kier molecular flexibility index (Phi) is 7.18. The second-order valence-corrected chi connectivity index (χ2v) is 9.70. The minimum absolute atomic E-state index is 0.175. The predicted octanol–water partition coefficient (Wildman–Crippen LogP) is 2.21. The fraction of sp³-hybridized carbons (Fsp3) is 0.300. The molecule has 1 aliphatic heterocycles. The molecule has 0 spiro atoms. The summed E-state index contributed by atoms with van der Waals surface area (Å²) in [6, 6.07) is 14.4. The number of aryl methyl sites for hydroxylation is 1. The quantitative estimate of drug-likeness (QED) is 0.509. The van der Waals surface area contributed by atoms with E-state index < -0.39 is 10.0 Å². The molecule has 1 amide bonds. The molecule has 9 heteroatoms. The van der Waals surface area contributed by atoms with Gasteiger partial charge in [-0.25, -0.2) is 13.8 Å². The summed E-state index contributed by atoms with van der Waals surface area (Å²) in [5.74, 6) is -0.230. The number of nitrogens with zero attached hydrogens (tertiary/aromatic N) is 3.